The van der Waals surface area contributed by atoms with Gasteiger partial charge < -0.3 is 10.1 Å². The Morgan fingerprint density at radius 2 is 1.90 bits per heavy atom. The third kappa shape index (κ3) is 4.83. The molecule has 0 aliphatic heterocycles. The van der Waals surface area contributed by atoms with Crippen LogP contribution in [-0.4, -0.2) is 29.5 Å². The van der Waals surface area contributed by atoms with Crippen molar-refractivity contribution in [3.05, 3.63) is 77.5 Å². The number of benzene rings is 2. The number of carbonyl (C=O) groups is 1. The van der Waals surface area contributed by atoms with Gasteiger partial charge in [-0.3, -0.25) is 9.78 Å². The quantitative estimate of drug-likeness (QED) is 0.571. The molecule has 1 fully saturated rings. The van der Waals surface area contributed by atoms with Crippen molar-refractivity contribution in [1.29, 1.82) is 0 Å². The van der Waals surface area contributed by atoms with Crippen molar-refractivity contribution >= 4 is 33.2 Å². The van der Waals surface area contributed by atoms with Gasteiger partial charge in [-0.05, 0) is 43.2 Å². The van der Waals surface area contributed by atoms with E-state index in [0.29, 0.717) is 18.4 Å². The zero-order chi connectivity index (χ0) is 22.0. The Morgan fingerprint density at radius 1 is 1.16 bits per heavy atom. The van der Waals surface area contributed by atoms with Crippen molar-refractivity contribution in [2.24, 2.45) is 0 Å². The fourth-order valence-corrected chi connectivity index (χ4v) is 4.75. The van der Waals surface area contributed by atoms with Gasteiger partial charge in [-0.1, -0.05) is 23.7 Å². The van der Waals surface area contributed by atoms with Crippen LogP contribution in [0.5, 0.6) is 5.75 Å². The Hall–Kier alpha value is -3.04. The number of anilines is 1. The Bertz CT molecular complexity index is 1200. The summed E-state index contributed by atoms with van der Waals surface area (Å²) in [7, 11) is -3.38. The highest BCUT2D eigenvalue weighted by Gasteiger charge is 2.37. The average Bonchev–Trinajstić information content (AvgIpc) is 3.60. The second kappa shape index (κ2) is 8.60. The molecule has 1 aliphatic rings. The number of carbonyl (C=O) groups excluding carboxylic acids is 1. The van der Waals surface area contributed by atoms with Crippen molar-refractivity contribution in [3.8, 4) is 5.75 Å². The molecule has 1 atom stereocenters. The molecule has 3 aromatic rings. The van der Waals surface area contributed by atoms with E-state index >= 15 is 0 Å². The Balaban J connectivity index is 1.64. The maximum atomic E-state index is 14.3. The van der Waals surface area contributed by atoms with Gasteiger partial charge in [-0.2, -0.15) is 0 Å². The van der Waals surface area contributed by atoms with Gasteiger partial charge in [0.1, 0.15) is 0 Å². The van der Waals surface area contributed by atoms with E-state index in [2.05, 4.69) is 15.3 Å². The molecule has 0 radical (unpaired) electrons. The molecule has 31 heavy (non-hydrogen) atoms. The summed E-state index contributed by atoms with van der Waals surface area (Å²) in [4.78, 5) is 21.0. The molecule has 7 nitrogen and oxygen atoms in total. The highest BCUT2D eigenvalue weighted by atomic mass is 35.5. The van der Waals surface area contributed by atoms with Crippen LogP contribution in [0.4, 0.5) is 10.2 Å². The summed E-state index contributed by atoms with van der Waals surface area (Å²) in [6.07, 6.45) is 4.21. The van der Waals surface area contributed by atoms with Crippen LogP contribution in [0.15, 0.2) is 66.0 Å². The Morgan fingerprint density at radius 3 is 2.52 bits per heavy atom. The average molecular weight is 462 g/mol. The first kappa shape index (κ1) is 21.2. The number of rotatable bonds is 7. The lowest BCUT2D eigenvalue weighted by molar-refractivity contribution is -0.123. The van der Waals surface area contributed by atoms with Crippen molar-refractivity contribution in [3.63, 3.8) is 0 Å². The Kier molecular flexibility index (Phi) is 5.88. The number of aromatic nitrogens is 2. The van der Waals surface area contributed by atoms with Crippen LogP contribution in [0.1, 0.15) is 24.5 Å². The van der Waals surface area contributed by atoms with Gasteiger partial charge in [0.15, 0.2) is 27.2 Å². The number of nitrogens with one attached hydrogen (secondary N) is 1. The molecule has 160 valence electrons. The second-order valence-corrected chi connectivity index (χ2v) is 9.63. The lowest BCUT2D eigenvalue weighted by Gasteiger charge is -2.19. The van der Waals surface area contributed by atoms with E-state index in [1.54, 1.807) is 0 Å². The van der Waals surface area contributed by atoms with Crippen LogP contribution >= 0.6 is 11.6 Å². The molecule has 0 saturated heterocycles. The van der Waals surface area contributed by atoms with Gasteiger partial charge in [-0.25, -0.2) is 17.8 Å². The van der Waals surface area contributed by atoms with Crippen molar-refractivity contribution in [2.45, 2.75) is 29.1 Å². The summed E-state index contributed by atoms with van der Waals surface area (Å²) >= 11 is 5.78. The largest absolute Gasteiger partial charge is 0.473 e. The SMILES string of the molecule is O=C(Nc1cnccn1)C(Oc1ccc(Cl)cc1F)c1ccc(S(=O)(=O)C2CC2)cc1. The molecule has 1 N–H and O–H groups in total. The number of hydrogen-bond acceptors (Lipinski definition) is 6. The van der Waals surface area contributed by atoms with Gasteiger partial charge in [-0.15, -0.1) is 0 Å². The number of ether oxygens (including phenoxy) is 1. The summed E-state index contributed by atoms with van der Waals surface area (Å²) < 4.78 is 44.8. The molecular weight excluding hydrogens is 445 g/mol. The fourth-order valence-electron chi connectivity index (χ4n) is 2.93. The molecule has 1 amide bonds. The summed E-state index contributed by atoms with van der Waals surface area (Å²) in [5.41, 5.74) is 0.338. The molecule has 4 rings (SSSR count). The van der Waals surface area contributed by atoms with Crippen LogP contribution in [0.2, 0.25) is 5.02 Å². The topological polar surface area (TPSA) is 98.2 Å². The fraction of sp³-hybridized carbons (Fsp3) is 0.190. The summed E-state index contributed by atoms with van der Waals surface area (Å²) in [6, 6.07) is 9.61. The maximum Gasteiger partial charge on any atom is 0.271 e. The number of halogens is 2. The van der Waals surface area contributed by atoms with E-state index in [4.69, 9.17) is 16.3 Å². The monoisotopic (exact) mass is 461 g/mol. The highest BCUT2D eigenvalue weighted by molar-refractivity contribution is 7.92. The normalized spacial score (nSPS) is 14.6. The van der Waals surface area contributed by atoms with Crippen LogP contribution in [-0.2, 0) is 14.6 Å². The highest BCUT2D eigenvalue weighted by Crippen LogP contribution is 2.34. The third-order valence-corrected chi connectivity index (χ3v) is 7.18. The van der Waals surface area contributed by atoms with E-state index in [1.807, 2.05) is 0 Å². The van der Waals surface area contributed by atoms with E-state index in [-0.39, 0.29) is 26.7 Å². The molecule has 1 aromatic heterocycles. The first-order chi connectivity index (χ1) is 14.8. The molecule has 1 aliphatic carbocycles. The molecular formula is C21H17ClFN3O4S. The molecule has 1 heterocycles. The van der Waals surface area contributed by atoms with Crippen molar-refractivity contribution in [2.75, 3.05) is 5.32 Å². The Labute approximate surface area is 183 Å². The predicted octanol–water partition coefficient (Wildman–Crippen LogP) is 3.96. The van der Waals surface area contributed by atoms with Crippen LogP contribution in [0.3, 0.4) is 0 Å². The minimum absolute atomic E-state index is 0.171. The summed E-state index contributed by atoms with van der Waals surface area (Å²) in [5.74, 6) is -1.37. The van der Waals surface area contributed by atoms with Gasteiger partial charge in [0.05, 0.1) is 16.3 Å². The third-order valence-electron chi connectivity index (χ3n) is 4.67. The lowest BCUT2D eigenvalue weighted by atomic mass is 10.1. The van der Waals surface area contributed by atoms with Crippen molar-refractivity contribution in [1.82, 2.24) is 9.97 Å². The molecule has 1 unspecified atom stereocenters. The molecule has 2 aromatic carbocycles. The first-order valence-electron chi connectivity index (χ1n) is 9.37. The minimum atomic E-state index is -3.38. The molecule has 10 heteroatoms. The smallest absolute Gasteiger partial charge is 0.271 e. The first-order valence-corrected chi connectivity index (χ1v) is 11.3. The second-order valence-electron chi connectivity index (χ2n) is 6.97. The van der Waals surface area contributed by atoms with Gasteiger partial charge in [0, 0.05) is 23.0 Å². The van der Waals surface area contributed by atoms with Crippen molar-refractivity contribution < 1.29 is 22.3 Å². The van der Waals surface area contributed by atoms with Crippen LogP contribution in [0.25, 0.3) is 0 Å². The number of hydrogen-bond donors (Lipinski definition) is 1. The predicted molar refractivity (Wildman–Crippen MR) is 112 cm³/mol. The minimum Gasteiger partial charge on any atom is -0.473 e. The van der Waals surface area contributed by atoms with E-state index in [1.165, 1.54) is 55.0 Å². The van der Waals surface area contributed by atoms with E-state index in [9.17, 15) is 17.6 Å². The molecule has 0 bridgehead atoms. The zero-order valence-electron chi connectivity index (χ0n) is 16.0. The number of nitrogens with zero attached hydrogens (tertiary/aromatic N) is 2. The van der Waals surface area contributed by atoms with Crippen LogP contribution in [0, 0.1) is 5.82 Å². The number of sulfone groups is 1. The summed E-state index contributed by atoms with van der Waals surface area (Å²) in [6.45, 7) is 0. The van der Waals surface area contributed by atoms with Gasteiger partial charge in [0.25, 0.3) is 5.91 Å². The van der Waals surface area contributed by atoms with Gasteiger partial charge in [0.2, 0.25) is 6.10 Å². The van der Waals surface area contributed by atoms with Crippen LogP contribution < -0.4 is 10.1 Å². The lowest BCUT2D eigenvalue weighted by Crippen LogP contribution is -2.26. The number of amides is 1. The maximum absolute atomic E-state index is 14.3. The zero-order valence-corrected chi connectivity index (χ0v) is 17.6. The van der Waals surface area contributed by atoms with E-state index in [0.717, 1.165) is 6.07 Å². The standard InChI is InChI=1S/C21H17ClFN3O4S/c22-14-3-8-18(17(23)11-14)30-20(21(27)26-19-12-24-9-10-25-19)13-1-4-15(5-2-13)31(28,29)16-6-7-16/h1-5,8-12,16,20H,6-7H2,(H,25,26,27). The van der Waals surface area contributed by atoms with E-state index < -0.39 is 27.7 Å². The van der Waals surface area contributed by atoms with Gasteiger partial charge >= 0.3 is 0 Å². The molecule has 0 spiro atoms. The molecule has 1 saturated carbocycles. The summed E-state index contributed by atoms with van der Waals surface area (Å²) in [5, 5.41) is 2.39.